The van der Waals surface area contributed by atoms with Gasteiger partial charge in [-0.25, -0.2) is 0 Å². The minimum Gasteiger partial charge on any atom is -0.508 e. The zero-order valence-corrected chi connectivity index (χ0v) is 12.4. The molecule has 3 rings (SSSR count). The van der Waals surface area contributed by atoms with Crippen molar-refractivity contribution < 1.29 is 19.4 Å². The highest BCUT2D eigenvalue weighted by Crippen LogP contribution is 2.24. The molecule has 1 aliphatic rings. The third-order valence-corrected chi connectivity index (χ3v) is 4.01. The van der Waals surface area contributed by atoms with Crippen LogP contribution in [0.2, 0.25) is 0 Å². The number of aliphatic hydroxyl groups excluding tert-OH is 1. The molecule has 2 N–H and O–H groups in total. The molecule has 2 aromatic rings. The summed E-state index contributed by atoms with van der Waals surface area (Å²) >= 11 is 0. The Hall–Kier alpha value is -1.82. The van der Waals surface area contributed by atoms with Gasteiger partial charge in [0, 0.05) is 19.1 Å². The van der Waals surface area contributed by atoms with Crippen LogP contribution in [-0.2, 0) is 11.3 Å². The Morgan fingerprint density at radius 2 is 2.18 bits per heavy atom. The van der Waals surface area contributed by atoms with E-state index in [-0.39, 0.29) is 11.8 Å². The van der Waals surface area contributed by atoms with Gasteiger partial charge in [0.2, 0.25) is 0 Å². The van der Waals surface area contributed by atoms with Crippen molar-refractivity contribution in [2.24, 2.45) is 0 Å². The number of rotatable bonds is 5. The summed E-state index contributed by atoms with van der Waals surface area (Å²) in [7, 11) is 0. The van der Waals surface area contributed by atoms with Gasteiger partial charge in [-0.3, -0.25) is 4.90 Å². The van der Waals surface area contributed by atoms with E-state index in [0.717, 1.165) is 18.7 Å². The number of phenolic OH excluding ortho intramolecular Hbond substituents is 1. The molecule has 118 valence electrons. The van der Waals surface area contributed by atoms with E-state index in [9.17, 15) is 10.2 Å². The highest BCUT2D eigenvalue weighted by molar-refractivity contribution is 5.27. The molecular weight excluding hydrogens is 282 g/mol. The van der Waals surface area contributed by atoms with E-state index in [0.29, 0.717) is 25.4 Å². The molecule has 1 fully saturated rings. The van der Waals surface area contributed by atoms with E-state index >= 15 is 0 Å². The Bertz CT molecular complexity index is 584. The summed E-state index contributed by atoms with van der Waals surface area (Å²) in [5.41, 5.74) is 1.05. The number of phenols is 1. The third-order valence-electron chi connectivity index (χ3n) is 4.01. The Morgan fingerprint density at radius 1 is 1.27 bits per heavy atom. The number of aliphatic hydroxyl groups is 1. The highest BCUT2D eigenvalue weighted by Gasteiger charge is 2.27. The average Bonchev–Trinajstić information content (AvgIpc) is 3.04. The number of nitrogens with zero attached hydrogens (tertiary/aromatic N) is 1. The molecule has 2 atom stereocenters. The van der Waals surface area contributed by atoms with Crippen LogP contribution in [0.1, 0.15) is 23.8 Å². The maximum atomic E-state index is 10.3. The summed E-state index contributed by atoms with van der Waals surface area (Å²) in [5.74, 6) is 0.862. The van der Waals surface area contributed by atoms with Gasteiger partial charge in [-0.1, -0.05) is 12.1 Å². The number of benzene rings is 1. The van der Waals surface area contributed by atoms with Crippen LogP contribution in [0.4, 0.5) is 0 Å². The second kappa shape index (κ2) is 6.96. The van der Waals surface area contributed by atoms with Crippen LogP contribution < -0.4 is 0 Å². The van der Waals surface area contributed by atoms with Crippen molar-refractivity contribution in [3.8, 4) is 5.75 Å². The van der Waals surface area contributed by atoms with Gasteiger partial charge in [-0.15, -0.1) is 0 Å². The topological polar surface area (TPSA) is 66.1 Å². The fourth-order valence-corrected chi connectivity index (χ4v) is 2.86. The Kier molecular flexibility index (Phi) is 4.77. The SMILES string of the molecule is Oc1cccc(CN2CCOCC2CC(O)c2ccco2)c1. The fourth-order valence-electron chi connectivity index (χ4n) is 2.86. The van der Waals surface area contributed by atoms with Crippen LogP contribution in [0, 0.1) is 0 Å². The van der Waals surface area contributed by atoms with Gasteiger partial charge in [0.25, 0.3) is 0 Å². The van der Waals surface area contributed by atoms with Gasteiger partial charge in [-0.05, 0) is 36.2 Å². The van der Waals surface area contributed by atoms with E-state index in [1.165, 1.54) is 0 Å². The van der Waals surface area contributed by atoms with Crippen molar-refractivity contribution in [2.75, 3.05) is 19.8 Å². The number of hydrogen-bond donors (Lipinski definition) is 2. The summed E-state index contributed by atoms with van der Waals surface area (Å²) < 4.78 is 10.8. The highest BCUT2D eigenvalue weighted by atomic mass is 16.5. The Morgan fingerprint density at radius 3 is 2.95 bits per heavy atom. The number of furan rings is 1. The van der Waals surface area contributed by atoms with Gasteiger partial charge in [-0.2, -0.15) is 0 Å². The molecule has 0 saturated carbocycles. The third kappa shape index (κ3) is 3.68. The van der Waals surface area contributed by atoms with Crippen LogP contribution in [0.25, 0.3) is 0 Å². The molecule has 1 saturated heterocycles. The smallest absolute Gasteiger partial charge is 0.132 e. The normalized spacial score (nSPS) is 20.9. The summed E-state index contributed by atoms with van der Waals surface area (Å²) in [6, 6.07) is 11.0. The van der Waals surface area contributed by atoms with Gasteiger partial charge < -0.3 is 19.4 Å². The quantitative estimate of drug-likeness (QED) is 0.887. The lowest BCUT2D eigenvalue weighted by molar-refractivity contribution is -0.0323. The molecule has 1 aliphatic heterocycles. The van der Waals surface area contributed by atoms with E-state index < -0.39 is 6.10 Å². The van der Waals surface area contributed by atoms with E-state index in [4.69, 9.17) is 9.15 Å². The largest absolute Gasteiger partial charge is 0.508 e. The molecule has 5 heteroatoms. The Balaban J connectivity index is 1.66. The zero-order valence-electron chi connectivity index (χ0n) is 12.4. The molecule has 5 nitrogen and oxygen atoms in total. The summed E-state index contributed by atoms with van der Waals surface area (Å²) in [5, 5.41) is 19.9. The summed E-state index contributed by atoms with van der Waals surface area (Å²) in [6.07, 6.45) is 1.50. The van der Waals surface area contributed by atoms with E-state index in [1.807, 2.05) is 12.1 Å². The number of hydrogen-bond acceptors (Lipinski definition) is 5. The van der Waals surface area contributed by atoms with Gasteiger partial charge in [0.1, 0.15) is 17.6 Å². The van der Waals surface area contributed by atoms with Crippen LogP contribution in [-0.4, -0.2) is 40.9 Å². The van der Waals surface area contributed by atoms with Crippen LogP contribution in [0.3, 0.4) is 0 Å². The molecule has 2 unspecified atom stereocenters. The van der Waals surface area contributed by atoms with Crippen molar-refractivity contribution >= 4 is 0 Å². The van der Waals surface area contributed by atoms with E-state index in [2.05, 4.69) is 4.90 Å². The molecule has 0 radical (unpaired) electrons. The Labute approximate surface area is 129 Å². The predicted molar refractivity (Wildman–Crippen MR) is 81.4 cm³/mol. The molecule has 0 bridgehead atoms. The first kappa shape index (κ1) is 15.1. The van der Waals surface area contributed by atoms with Crippen LogP contribution >= 0.6 is 0 Å². The van der Waals surface area contributed by atoms with Crippen molar-refractivity contribution in [3.63, 3.8) is 0 Å². The monoisotopic (exact) mass is 303 g/mol. The number of aromatic hydroxyl groups is 1. The maximum Gasteiger partial charge on any atom is 0.132 e. The first-order valence-electron chi connectivity index (χ1n) is 7.53. The van der Waals surface area contributed by atoms with Crippen LogP contribution in [0.15, 0.2) is 47.1 Å². The number of ether oxygens (including phenoxy) is 1. The van der Waals surface area contributed by atoms with Crippen molar-refractivity contribution in [1.29, 1.82) is 0 Å². The predicted octanol–water partition coefficient (Wildman–Crippen LogP) is 2.31. The van der Waals surface area contributed by atoms with Gasteiger partial charge in [0.15, 0.2) is 0 Å². The van der Waals surface area contributed by atoms with Gasteiger partial charge >= 0.3 is 0 Å². The minimum atomic E-state index is -0.631. The van der Waals surface area contributed by atoms with Gasteiger partial charge in [0.05, 0.1) is 19.5 Å². The maximum absolute atomic E-state index is 10.3. The van der Waals surface area contributed by atoms with Crippen molar-refractivity contribution in [3.05, 3.63) is 54.0 Å². The van der Waals surface area contributed by atoms with Crippen molar-refractivity contribution in [2.45, 2.75) is 25.1 Å². The average molecular weight is 303 g/mol. The molecule has 0 spiro atoms. The molecule has 1 aromatic heterocycles. The molecule has 0 amide bonds. The minimum absolute atomic E-state index is 0.121. The first-order chi connectivity index (χ1) is 10.7. The molecule has 2 heterocycles. The molecular formula is C17H21NO4. The second-order valence-electron chi connectivity index (χ2n) is 5.64. The lowest BCUT2D eigenvalue weighted by atomic mass is 10.0. The fraction of sp³-hybridized carbons (Fsp3) is 0.412. The lowest BCUT2D eigenvalue weighted by Crippen LogP contribution is -2.45. The standard InChI is InChI=1S/C17H21NO4/c19-15-4-1-3-13(9-15)11-18-6-8-21-12-14(18)10-16(20)17-5-2-7-22-17/h1-5,7,9,14,16,19-20H,6,8,10-12H2. The first-order valence-corrected chi connectivity index (χ1v) is 7.53. The van der Waals surface area contributed by atoms with Crippen LogP contribution in [0.5, 0.6) is 5.75 Å². The van der Waals surface area contributed by atoms with E-state index in [1.54, 1.807) is 30.5 Å². The second-order valence-corrected chi connectivity index (χ2v) is 5.64. The molecule has 1 aromatic carbocycles. The molecule has 22 heavy (non-hydrogen) atoms. The summed E-state index contributed by atoms with van der Waals surface area (Å²) in [4.78, 5) is 2.28. The zero-order chi connectivity index (χ0) is 15.4. The summed E-state index contributed by atoms with van der Waals surface area (Å²) in [6.45, 7) is 2.82. The number of morpholine rings is 1. The molecule has 0 aliphatic carbocycles. The van der Waals surface area contributed by atoms with Crippen molar-refractivity contribution in [1.82, 2.24) is 4.90 Å². The lowest BCUT2D eigenvalue weighted by Gasteiger charge is -2.36.